The van der Waals surface area contributed by atoms with E-state index in [4.69, 9.17) is 4.74 Å². The third-order valence-electron chi connectivity index (χ3n) is 4.82. The predicted molar refractivity (Wildman–Crippen MR) is 91.4 cm³/mol. The van der Waals surface area contributed by atoms with Crippen LogP contribution in [0.5, 0.6) is 0 Å². The fourth-order valence-corrected chi connectivity index (χ4v) is 3.25. The van der Waals surface area contributed by atoms with E-state index >= 15 is 0 Å². The van der Waals surface area contributed by atoms with Crippen molar-refractivity contribution in [2.75, 3.05) is 13.2 Å². The number of rotatable bonds is 4. The summed E-state index contributed by atoms with van der Waals surface area (Å²) in [5, 5.41) is 11.2. The number of carbonyl (C=O) groups is 1. The normalized spacial score (nSPS) is 20.0. The van der Waals surface area contributed by atoms with Crippen LogP contribution >= 0.6 is 0 Å². The fraction of sp³-hybridized carbons (Fsp3) is 0.529. The largest absolute Gasteiger partial charge is 0.368 e. The Morgan fingerprint density at radius 2 is 2.16 bits per heavy atom. The van der Waals surface area contributed by atoms with Crippen LogP contribution in [0.15, 0.2) is 17.2 Å². The number of amides is 1. The second-order valence-corrected chi connectivity index (χ2v) is 6.55. The summed E-state index contributed by atoms with van der Waals surface area (Å²) in [6.45, 7) is 4.45. The number of aryl methyl sites for hydroxylation is 3. The van der Waals surface area contributed by atoms with E-state index in [2.05, 4.69) is 15.5 Å². The summed E-state index contributed by atoms with van der Waals surface area (Å²) in [6, 6.07) is 0. The van der Waals surface area contributed by atoms with Crippen molar-refractivity contribution < 1.29 is 9.53 Å². The van der Waals surface area contributed by atoms with Crippen LogP contribution in [0.4, 0.5) is 0 Å². The van der Waals surface area contributed by atoms with Crippen LogP contribution in [-0.2, 0) is 24.4 Å². The van der Waals surface area contributed by atoms with Gasteiger partial charge < -0.3 is 10.1 Å². The Hall–Kier alpha value is -2.48. The topological polar surface area (TPSA) is 91.0 Å². The van der Waals surface area contributed by atoms with Crippen molar-refractivity contribution in [3.05, 3.63) is 45.1 Å². The van der Waals surface area contributed by atoms with Crippen LogP contribution in [0.25, 0.3) is 0 Å². The Balaban J connectivity index is 1.86. The van der Waals surface area contributed by atoms with Gasteiger partial charge in [-0.3, -0.25) is 14.3 Å². The molecule has 1 unspecified atom stereocenters. The van der Waals surface area contributed by atoms with Crippen molar-refractivity contribution in [3.8, 4) is 0 Å². The quantitative estimate of drug-likeness (QED) is 0.875. The molecule has 134 valence electrons. The van der Waals surface area contributed by atoms with E-state index in [0.29, 0.717) is 24.4 Å². The summed E-state index contributed by atoms with van der Waals surface area (Å²) in [4.78, 5) is 25.0. The molecule has 0 radical (unpaired) electrons. The van der Waals surface area contributed by atoms with Crippen LogP contribution in [0.1, 0.15) is 40.0 Å². The lowest BCUT2D eigenvalue weighted by atomic mass is 9.93. The van der Waals surface area contributed by atoms with E-state index in [1.165, 1.54) is 4.68 Å². The van der Waals surface area contributed by atoms with Crippen molar-refractivity contribution in [1.82, 2.24) is 24.9 Å². The number of nitrogens with zero attached hydrogens (tertiary/aromatic N) is 4. The van der Waals surface area contributed by atoms with Crippen molar-refractivity contribution >= 4 is 5.91 Å². The van der Waals surface area contributed by atoms with E-state index < -0.39 is 17.1 Å². The number of ether oxygens (including phenoxy) is 1. The number of carbonyl (C=O) groups excluding carboxylic acids is 1. The highest BCUT2D eigenvalue weighted by Crippen LogP contribution is 2.35. The van der Waals surface area contributed by atoms with Gasteiger partial charge in [0.15, 0.2) is 0 Å². The molecule has 8 nitrogen and oxygen atoms in total. The van der Waals surface area contributed by atoms with Crippen molar-refractivity contribution in [2.45, 2.75) is 32.3 Å². The van der Waals surface area contributed by atoms with Crippen molar-refractivity contribution in [3.63, 3.8) is 0 Å². The van der Waals surface area contributed by atoms with Crippen LogP contribution in [0, 0.1) is 13.8 Å². The van der Waals surface area contributed by atoms with Gasteiger partial charge in [0.1, 0.15) is 11.2 Å². The number of hydrogen-bond acceptors (Lipinski definition) is 5. The molecule has 0 spiro atoms. The number of hydrogen-bond donors (Lipinski definition) is 1. The van der Waals surface area contributed by atoms with E-state index in [0.717, 1.165) is 18.4 Å². The number of aromatic nitrogens is 4. The summed E-state index contributed by atoms with van der Waals surface area (Å²) in [5.74, 6) is -0.401. The maximum absolute atomic E-state index is 12.7. The Morgan fingerprint density at radius 3 is 2.76 bits per heavy atom. The lowest BCUT2D eigenvalue weighted by Crippen LogP contribution is -2.43. The molecule has 1 N–H and O–H groups in total. The summed E-state index contributed by atoms with van der Waals surface area (Å²) in [5.41, 5.74) is 1.33. The monoisotopic (exact) mass is 345 g/mol. The molecule has 0 aromatic carbocycles. The maximum atomic E-state index is 12.7. The molecule has 0 saturated carbocycles. The minimum atomic E-state index is -0.592. The molecule has 1 amide bonds. The van der Waals surface area contributed by atoms with Gasteiger partial charge in [-0.25, -0.2) is 4.68 Å². The minimum Gasteiger partial charge on any atom is -0.368 e. The Labute approximate surface area is 145 Å². The molecule has 1 fully saturated rings. The first-order chi connectivity index (χ1) is 11.8. The molecule has 25 heavy (non-hydrogen) atoms. The molecule has 0 aliphatic carbocycles. The van der Waals surface area contributed by atoms with E-state index in [1.807, 2.05) is 13.2 Å². The van der Waals surface area contributed by atoms with Gasteiger partial charge in [-0.2, -0.15) is 10.2 Å². The Kier molecular flexibility index (Phi) is 4.47. The lowest BCUT2D eigenvalue weighted by molar-refractivity contribution is 0.00127. The second-order valence-electron chi connectivity index (χ2n) is 6.55. The average Bonchev–Trinajstić information content (AvgIpc) is 3.21. The molecule has 1 saturated heterocycles. The zero-order valence-electron chi connectivity index (χ0n) is 15.0. The van der Waals surface area contributed by atoms with Gasteiger partial charge in [0, 0.05) is 32.5 Å². The third-order valence-corrected chi connectivity index (χ3v) is 4.82. The Morgan fingerprint density at radius 1 is 1.40 bits per heavy atom. The smallest absolute Gasteiger partial charge is 0.279 e. The van der Waals surface area contributed by atoms with Gasteiger partial charge in [0.2, 0.25) is 0 Å². The highest BCUT2D eigenvalue weighted by Gasteiger charge is 2.38. The molecule has 2 aromatic rings. The molecule has 1 aliphatic heterocycles. The average molecular weight is 345 g/mol. The molecular formula is C17H23N5O3. The predicted octanol–water partition coefficient (Wildman–Crippen LogP) is 0.566. The summed E-state index contributed by atoms with van der Waals surface area (Å²) in [7, 11) is 3.39. The molecule has 0 bridgehead atoms. The van der Waals surface area contributed by atoms with Crippen LogP contribution in [0.3, 0.4) is 0 Å². The SMILES string of the molecule is Cc1nn(C)c(=O)c(C(=O)NCC2(c3cnn(C)c3)CCCO2)c1C. The minimum absolute atomic E-state index is 0.134. The molecule has 3 heterocycles. The molecule has 1 aliphatic rings. The first-order valence-electron chi connectivity index (χ1n) is 8.30. The maximum Gasteiger partial charge on any atom is 0.279 e. The van der Waals surface area contributed by atoms with Crippen LogP contribution < -0.4 is 10.9 Å². The van der Waals surface area contributed by atoms with Gasteiger partial charge in [-0.15, -0.1) is 0 Å². The van der Waals surface area contributed by atoms with Gasteiger partial charge in [0.05, 0.1) is 18.4 Å². The van der Waals surface area contributed by atoms with Gasteiger partial charge in [-0.05, 0) is 32.3 Å². The molecule has 3 rings (SSSR count). The number of nitrogens with one attached hydrogen (secondary N) is 1. The second kappa shape index (κ2) is 6.44. The summed E-state index contributed by atoms with van der Waals surface area (Å²) < 4.78 is 8.88. The first-order valence-corrected chi connectivity index (χ1v) is 8.30. The third kappa shape index (κ3) is 3.09. The standard InChI is InChI=1S/C17H23N5O3/c1-11-12(2)20-22(4)16(24)14(11)15(23)18-10-17(6-5-7-25-17)13-8-19-21(3)9-13/h8-9H,5-7,10H2,1-4H3,(H,18,23). The molecule has 2 aromatic heterocycles. The summed E-state index contributed by atoms with van der Waals surface area (Å²) >= 11 is 0. The first kappa shape index (κ1) is 17.3. The van der Waals surface area contributed by atoms with Crippen LogP contribution in [0.2, 0.25) is 0 Å². The highest BCUT2D eigenvalue weighted by atomic mass is 16.5. The zero-order chi connectivity index (χ0) is 18.2. The zero-order valence-corrected chi connectivity index (χ0v) is 15.0. The summed E-state index contributed by atoms with van der Waals surface area (Å²) in [6.07, 6.45) is 5.38. The van der Waals surface area contributed by atoms with E-state index in [9.17, 15) is 9.59 Å². The van der Waals surface area contributed by atoms with Gasteiger partial charge in [0.25, 0.3) is 11.5 Å². The van der Waals surface area contributed by atoms with Crippen molar-refractivity contribution in [1.29, 1.82) is 0 Å². The molecular weight excluding hydrogens is 322 g/mol. The fourth-order valence-electron chi connectivity index (χ4n) is 3.25. The lowest BCUT2D eigenvalue weighted by Gasteiger charge is -2.27. The molecule has 1 atom stereocenters. The van der Waals surface area contributed by atoms with E-state index in [1.54, 1.807) is 31.8 Å². The van der Waals surface area contributed by atoms with Gasteiger partial charge in [-0.1, -0.05) is 0 Å². The highest BCUT2D eigenvalue weighted by molar-refractivity contribution is 5.95. The molecule has 8 heteroatoms. The van der Waals surface area contributed by atoms with E-state index in [-0.39, 0.29) is 5.56 Å². The van der Waals surface area contributed by atoms with Crippen LogP contribution in [-0.4, -0.2) is 38.6 Å². The Bertz CT molecular complexity index is 862. The van der Waals surface area contributed by atoms with Crippen molar-refractivity contribution in [2.24, 2.45) is 14.1 Å². The van der Waals surface area contributed by atoms with Gasteiger partial charge >= 0.3 is 0 Å².